The smallest absolute Gasteiger partial charge is 0.0303 e. The number of rotatable bonds is 2. The van der Waals surface area contributed by atoms with Gasteiger partial charge in [0.05, 0.1) is 0 Å². The summed E-state index contributed by atoms with van der Waals surface area (Å²) in [7, 11) is 0. The molecule has 0 aliphatic heterocycles. The van der Waals surface area contributed by atoms with Gasteiger partial charge in [0.15, 0.2) is 0 Å². The van der Waals surface area contributed by atoms with Crippen LogP contribution in [-0.2, 0) is 0 Å². The molecule has 0 aromatic carbocycles. The van der Waals surface area contributed by atoms with E-state index in [-0.39, 0.29) is 0 Å². The molecule has 1 aromatic rings. The average Bonchev–Trinajstić information content (AvgIpc) is 2.18. The molecular weight excluding hydrogens is 158 g/mol. The molecule has 0 bridgehead atoms. The molecule has 2 unspecified atom stereocenters. The van der Waals surface area contributed by atoms with Crippen LogP contribution >= 0.6 is 0 Å². The van der Waals surface area contributed by atoms with Crippen molar-refractivity contribution in [3.05, 3.63) is 30.1 Å². The van der Waals surface area contributed by atoms with Gasteiger partial charge in [0.25, 0.3) is 0 Å². The van der Waals surface area contributed by atoms with Crippen molar-refractivity contribution in [2.75, 3.05) is 0 Å². The van der Waals surface area contributed by atoms with Crippen molar-refractivity contribution in [1.82, 2.24) is 4.98 Å². The molecule has 1 heteroatoms. The molecule has 0 aliphatic rings. The van der Waals surface area contributed by atoms with Gasteiger partial charge < -0.3 is 0 Å². The number of aromatic nitrogens is 1. The van der Waals surface area contributed by atoms with Gasteiger partial charge in [-0.25, -0.2) is 0 Å². The molecule has 1 aromatic heterocycles. The van der Waals surface area contributed by atoms with Crippen LogP contribution in [0, 0.1) is 17.8 Å². The van der Waals surface area contributed by atoms with Crippen LogP contribution in [0.3, 0.4) is 0 Å². The summed E-state index contributed by atoms with van der Waals surface area (Å²) in [5.41, 5.74) is 1.26. The van der Waals surface area contributed by atoms with E-state index in [1.807, 2.05) is 19.2 Å². The van der Waals surface area contributed by atoms with Gasteiger partial charge in [-0.05, 0) is 24.5 Å². The van der Waals surface area contributed by atoms with Crippen LogP contribution in [0.2, 0.25) is 0 Å². The van der Waals surface area contributed by atoms with Crippen molar-refractivity contribution in [1.29, 1.82) is 0 Å². The second-order valence-corrected chi connectivity index (χ2v) is 3.26. The van der Waals surface area contributed by atoms with Crippen LogP contribution in [0.5, 0.6) is 0 Å². The van der Waals surface area contributed by atoms with Gasteiger partial charge in [0.2, 0.25) is 0 Å². The van der Waals surface area contributed by atoms with Crippen LogP contribution in [0.1, 0.15) is 32.3 Å². The van der Waals surface area contributed by atoms with E-state index in [1.54, 1.807) is 6.20 Å². The highest BCUT2D eigenvalue weighted by Gasteiger charge is 2.11. The van der Waals surface area contributed by atoms with Crippen LogP contribution in [-0.4, -0.2) is 4.98 Å². The van der Waals surface area contributed by atoms with Crippen LogP contribution in [0.4, 0.5) is 0 Å². The quantitative estimate of drug-likeness (QED) is 0.627. The van der Waals surface area contributed by atoms with Crippen LogP contribution in [0.25, 0.3) is 0 Å². The summed E-state index contributed by atoms with van der Waals surface area (Å²) >= 11 is 0. The van der Waals surface area contributed by atoms with Gasteiger partial charge in [0, 0.05) is 18.3 Å². The minimum atomic E-state index is 0.397. The molecule has 0 fully saturated rings. The average molecular weight is 173 g/mol. The monoisotopic (exact) mass is 173 g/mol. The zero-order chi connectivity index (χ0) is 9.68. The normalized spacial score (nSPS) is 14.1. The Bertz CT molecular complexity index is 305. The molecule has 0 N–H and O–H groups in total. The second-order valence-electron chi connectivity index (χ2n) is 3.26. The summed E-state index contributed by atoms with van der Waals surface area (Å²) in [5, 5.41) is 0. The Morgan fingerprint density at radius 2 is 2.15 bits per heavy atom. The van der Waals surface area contributed by atoms with E-state index >= 15 is 0 Å². The summed E-state index contributed by atoms with van der Waals surface area (Å²) < 4.78 is 0. The molecule has 1 heterocycles. The maximum absolute atomic E-state index is 4.10. The molecule has 0 radical (unpaired) electrons. The van der Waals surface area contributed by atoms with Gasteiger partial charge in [-0.1, -0.05) is 25.8 Å². The van der Waals surface area contributed by atoms with Crippen molar-refractivity contribution in [2.45, 2.75) is 26.7 Å². The summed E-state index contributed by atoms with van der Waals surface area (Å²) in [6, 6.07) is 4.07. The molecule has 1 nitrogen and oxygen atoms in total. The van der Waals surface area contributed by atoms with Gasteiger partial charge in [0.1, 0.15) is 0 Å². The highest BCUT2D eigenvalue weighted by molar-refractivity contribution is 5.18. The Balaban J connectivity index is 2.77. The molecule has 1 rings (SSSR count). The Morgan fingerprint density at radius 3 is 2.69 bits per heavy atom. The van der Waals surface area contributed by atoms with Crippen molar-refractivity contribution in [2.24, 2.45) is 5.92 Å². The molecule has 68 valence electrons. The lowest BCUT2D eigenvalue weighted by atomic mass is 9.90. The first-order valence-electron chi connectivity index (χ1n) is 4.58. The van der Waals surface area contributed by atoms with E-state index in [0.717, 1.165) is 0 Å². The largest absolute Gasteiger partial charge is 0.264 e. The molecule has 0 spiro atoms. The molecular formula is C12H15N. The van der Waals surface area contributed by atoms with Crippen LogP contribution in [0.15, 0.2) is 24.5 Å². The summed E-state index contributed by atoms with van der Waals surface area (Å²) in [6.07, 6.45) is 3.71. The predicted octanol–water partition coefficient (Wildman–Crippen LogP) is 2.84. The molecule has 0 amide bonds. The summed E-state index contributed by atoms with van der Waals surface area (Å²) in [4.78, 5) is 4.10. The van der Waals surface area contributed by atoms with Gasteiger partial charge in [-0.3, -0.25) is 4.98 Å². The standard InChI is InChI=1S/C12H15N/c1-4-6-10(2)11(3)12-7-5-8-13-9-12/h5,7-11H,1-3H3. The lowest BCUT2D eigenvalue weighted by Gasteiger charge is -2.14. The molecule has 0 saturated heterocycles. The Labute approximate surface area is 80.2 Å². The highest BCUT2D eigenvalue weighted by Crippen LogP contribution is 2.22. The van der Waals surface area contributed by atoms with E-state index in [0.29, 0.717) is 11.8 Å². The highest BCUT2D eigenvalue weighted by atomic mass is 14.6. The van der Waals surface area contributed by atoms with Gasteiger partial charge in [-0.2, -0.15) is 0 Å². The minimum absolute atomic E-state index is 0.397. The predicted molar refractivity (Wildman–Crippen MR) is 55.3 cm³/mol. The maximum Gasteiger partial charge on any atom is 0.0303 e. The topological polar surface area (TPSA) is 12.9 Å². The van der Waals surface area contributed by atoms with Gasteiger partial charge in [-0.15, -0.1) is 5.92 Å². The van der Waals surface area contributed by atoms with E-state index in [1.165, 1.54) is 5.56 Å². The van der Waals surface area contributed by atoms with E-state index < -0.39 is 0 Å². The fourth-order valence-corrected chi connectivity index (χ4v) is 1.29. The van der Waals surface area contributed by atoms with Crippen molar-refractivity contribution in [3.63, 3.8) is 0 Å². The van der Waals surface area contributed by atoms with Gasteiger partial charge >= 0.3 is 0 Å². The van der Waals surface area contributed by atoms with Crippen LogP contribution < -0.4 is 0 Å². The van der Waals surface area contributed by atoms with E-state index in [4.69, 9.17) is 0 Å². The number of hydrogen-bond donors (Lipinski definition) is 0. The second kappa shape index (κ2) is 4.67. The van der Waals surface area contributed by atoms with E-state index in [9.17, 15) is 0 Å². The van der Waals surface area contributed by atoms with Crippen molar-refractivity contribution < 1.29 is 0 Å². The zero-order valence-corrected chi connectivity index (χ0v) is 8.41. The molecule has 2 atom stereocenters. The Morgan fingerprint density at radius 1 is 1.38 bits per heavy atom. The third-order valence-electron chi connectivity index (χ3n) is 2.33. The third kappa shape index (κ3) is 2.59. The third-order valence-corrected chi connectivity index (χ3v) is 2.33. The lowest BCUT2D eigenvalue weighted by molar-refractivity contribution is 0.608. The molecule has 0 saturated carbocycles. The maximum atomic E-state index is 4.10. The number of nitrogens with zero attached hydrogens (tertiary/aromatic N) is 1. The minimum Gasteiger partial charge on any atom is -0.264 e. The summed E-state index contributed by atoms with van der Waals surface area (Å²) in [6.45, 7) is 6.21. The first-order chi connectivity index (χ1) is 6.25. The van der Waals surface area contributed by atoms with Crippen molar-refractivity contribution >= 4 is 0 Å². The SMILES string of the molecule is CC#CC(C)C(C)c1cccnc1. The van der Waals surface area contributed by atoms with E-state index in [2.05, 4.69) is 36.7 Å². The molecule has 13 heavy (non-hydrogen) atoms. The Kier molecular flexibility index (Phi) is 3.52. The lowest BCUT2D eigenvalue weighted by Crippen LogP contribution is -2.03. The molecule has 0 aliphatic carbocycles. The number of pyridine rings is 1. The van der Waals surface area contributed by atoms with Crippen molar-refractivity contribution in [3.8, 4) is 11.8 Å². The Hall–Kier alpha value is -1.29. The first kappa shape index (κ1) is 9.80. The first-order valence-corrected chi connectivity index (χ1v) is 4.58. The zero-order valence-electron chi connectivity index (χ0n) is 8.41. The summed E-state index contributed by atoms with van der Waals surface area (Å²) in [5.74, 6) is 6.97. The fourth-order valence-electron chi connectivity index (χ4n) is 1.29. The number of hydrogen-bond acceptors (Lipinski definition) is 1. The fraction of sp³-hybridized carbons (Fsp3) is 0.417.